The molecule has 0 radical (unpaired) electrons. The van der Waals surface area contributed by atoms with Gasteiger partial charge in [0.1, 0.15) is 10.7 Å². The Morgan fingerprint density at radius 2 is 2.06 bits per heavy atom. The van der Waals surface area contributed by atoms with Crippen molar-refractivity contribution < 1.29 is 4.79 Å². The van der Waals surface area contributed by atoms with E-state index < -0.39 is 0 Å². The largest absolute Gasteiger partial charge is 0.365 e. The third-order valence-corrected chi connectivity index (χ3v) is 6.74. The lowest BCUT2D eigenvalue weighted by molar-refractivity contribution is 0.0710. The molecule has 1 amide bonds. The number of anilines is 3. The molecular formula is C23H28N6OS. The molecule has 4 heterocycles. The van der Waals surface area contributed by atoms with Crippen LogP contribution in [0.25, 0.3) is 0 Å². The third kappa shape index (κ3) is 4.69. The van der Waals surface area contributed by atoms with Crippen LogP contribution in [-0.2, 0) is 0 Å². The van der Waals surface area contributed by atoms with Gasteiger partial charge in [-0.2, -0.15) is 0 Å². The van der Waals surface area contributed by atoms with Gasteiger partial charge in [0.2, 0.25) is 0 Å². The predicted molar refractivity (Wildman–Crippen MR) is 126 cm³/mol. The highest BCUT2D eigenvalue weighted by Crippen LogP contribution is 2.31. The fourth-order valence-corrected chi connectivity index (χ4v) is 4.86. The quantitative estimate of drug-likeness (QED) is 0.605. The van der Waals surface area contributed by atoms with E-state index in [1.165, 1.54) is 11.3 Å². The number of likely N-dealkylation sites (tertiary alicyclic amines) is 1. The van der Waals surface area contributed by atoms with Crippen LogP contribution in [-0.4, -0.2) is 45.9 Å². The van der Waals surface area contributed by atoms with E-state index in [1.807, 2.05) is 50.9 Å². The second kappa shape index (κ2) is 9.01. The highest BCUT2D eigenvalue weighted by molar-refractivity contribution is 7.17. The number of nitrogens with one attached hydrogen (secondary N) is 2. The van der Waals surface area contributed by atoms with E-state index in [2.05, 4.69) is 26.7 Å². The Hall–Kier alpha value is -3.00. The fourth-order valence-electron chi connectivity index (χ4n) is 3.98. The van der Waals surface area contributed by atoms with E-state index >= 15 is 0 Å². The maximum Gasteiger partial charge on any atom is 0.265 e. The van der Waals surface area contributed by atoms with Crippen LogP contribution in [0.1, 0.15) is 51.1 Å². The number of pyridine rings is 2. The molecule has 1 fully saturated rings. The number of piperidine rings is 1. The molecule has 0 bridgehead atoms. The van der Waals surface area contributed by atoms with Gasteiger partial charge in [0.15, 0.2) is 5.13 Å². The number of aromatic nitrogens is 3. The molecule has 3 aromatic rings. The fraction of sp³-hybridized carbons (Fsp3) is 0.391. The van der Waals surface area contributed by atoms with E-state index in [0.717, 1.165) is 63.5 Å². The lowest BCUT2D eigenvalue weighted by Crippen LogP contribution is -2.39. The first-order chi connectivity index (χ1) is 14.9. The summed E-state index contributed by atoms with van der Waals surface area (Å²) >= 11 is 1.42. The number of carbonyl (C=O) groups is 1. The van der Waals surface area contributed by atoms with Crippen LogP contribution in [0.2, 0.25) is 0 Å². The summed E-state index contributed by atoms with van der Waals surface area (Å²) in [6, 6.07) is 8.09. The standard InChI is InChI=1S/C23H28N6OS/c1-14-7-5-9-25-21(14)28-18-11-15(2)26-19(12-18)17-8-6-10-29(13-17)22(30)20-16(3)27-23(24-4)31-20/h5,7,9,11-12,17H,6,8,10,13H2,1-4H3,(H,24,27)(H,25,26,28)/t17-/m0/s1. The topological polar surface area (TPSA) is 83.0 Å². The smallest absolute Gasteiger partial charge is 0.265 e. The Bertz CT molecular complexity index is 1100. The molecule has 3 aromatic heterocycles. The molecule has 4 rings (SSSR count). The Balaban J connectivity index is 1.54. The van der Waals surface area contributed by atoms with Gasteiger partial charge in [-0.3, -0.25) is 9.78 Å². The van der Waals surface area contributed by atoms with Crippen molar-refractivity contribution in [2.45, 2.75) is 39.5 Å². The number of aryl methyl sites for hydroxylation is 3. The van der Waals surface area contributed by atoms with E-state index in [1.54, 1.807) is 6.20 Å². The monoisotopic (exact) mass is 436 g/mol. The van der Waals surface area contributed by atoms with Gasteiger partial charge >= 0.3 is 0 Å². The first-order valence-electron chi connectivity index (χ1n) is 10.6. The van der Waals surface area contributed by atoms with Gasteiger partial charge in [-0.1, -0.05) is 17.4 Å². The average molecular weight is 437 g/mol. The van der Waals surface area contributed by atoms with E-state index in [4.69, 9.17) is 4.98 Å². The van der Waals surface area contributed by atoms with Gasteiger partial charge in [0, 0.05) is 49.3 Å². The van der Waals surface area contributed by atoms with Gasteiger partial charge < -0.3 is 15.5 Å². The predicted octanol–water partition coefficient (Wildman–Crippen LogP) is 4.66. The minimum atomic E-state index is 0.0660. The minimum absolute atomic E-state index is 0.0660. The van der Waals surface area contributed by atoms with Crippen LogP contribution in [0.15, 0.2) is 30.5 Å². The molecule has 1 saturated heterocycles. The first-order valence-corrected chi connectivity index (χ1v) is 11.4. The van der Waals surface area contributed by atoms with Crippen molar-refractivity contribution in [3.8, 4) is 0 Å². The van der Waals surface area contributed by atoms with Crippen LogP contribution in [0.3, 0.4) is 0 Å². The first kappa shape index (κ1) is 21.2. The maximum absolute atomic E-state index is 13.2. The van der Waals surface area contributed by atoms with Crippen molar-refractivity contribution in [1.82, 2.24) is 19.9 Å². The maximum atomic E-state index is 13.2. The number of thiazole rings is 1. The normalized spacial score (nSPS) is 16.3. The zero-order valence-electron chi connectivity index (χ0n) is 18.4. The van der Waals surface area contributed by atoms with Crippen molar-refractivity contribution in [2.75, 3.05) is 30.8 Å². The average Bonchev–Trinajstić information content (AvgIpc) is 3.15. The summed E-state index contributed by atoms with van der Waals surface area (Å²) in [6.07, 6.45) is 3.77. The van der Waals surface area contributed by atoms with Gasteiger partial charge in [-0.05, 0) is 57.4 Å². The van der Waals surface area contributed by atoms with Crippen molar-refractivity contribution >= 4 is 33.9 Å². The molecule has 0 saturated carbocycles. The SMILES string of the molecule is CNc1nc(C)c(C(=O)N2CCC[C@H](c3cc(Nc4ncccc4C)cc(C)n3)C2)s1. The Morgan fingerprint density at radius 3 is 2.81 bits per heavy atom. The van der Waals surface area contributed by atoms with Crippen molar-refractivity contribution in [3.63, 3.8) is 0 Å². The highest BCUT2D eigenvalue weighted by atomic mass is 32.1. The minimum Gasteiger partial charge on any atom is -0.365 e. The number of hydrogen-bond acceptors (Lipinski definition) is 7. The van der Waals surface area contributed by atoms with Crippen LogP contribution < -0.4 is 10.6 Å². The van der Waals surface area contributed by atoms with E-state index in [9.17, 15) is 4.79 Å². The summed E-state index contributed by atoms with van der Waals surface area (Å²) in [5.74, 6) is 1.12. The second-order valence-corrected chi connectivity index (χ2v) is 8.99. The van der Waals surface area contributed by atoms with Crippen LogP contribution in [0.5, 0.6) is 0 Å². The molecule has 0 aromatic carbocycles. The van der Waals surface area contributed by atoms with Crippen molar-refractivity contribution in [2.24, 2.45) is 0 Å². The molecular weight excluding hydrogens is 408 g/mol. The van der Waals surface area contributed by atoms with Crippen molar-refractivity contribution in [1.29, 1.82) is 0 Å². The van der Waals surface area contributed by atoms with E-state index in [0.29, 0.717) is 6.54 Å². The second-order valence-electron chi connectivity index (χ2n) is 7.99. The Morgan fingerprint density at radius 1 is 1.23 bits per heavy atom. The molecule has 0 aliphatic carbocycles. The molecule has 2 N–H and O–H groups in total. The molecule has 0 spiro atoms. The molecule has 162 valence electrons. The number of rotatable bonds is 5. The van der Waals surface area contributed by atoms with Gasteiger partial charge in [-0.25, -0.2) is 9.97 Å². The lowest BCUT2D eigenvalue weighted by atomic mass is 9.93. The Labute approximate surface area is 187 Å². The molecule has 8 heteroatoms. The zero-order chi connectivity index (χ0) is 22.0. The van der Waals surface area contributed by atoms with Gasteiger partial charge in [0.25, 0.3) is 5.91 Å². The number of hydrogen-bond donors (Lipinski definition) is 2. The summed E-state index contributed by atoms with van der Waals surface area (Å²) in [5.41, 5.74) is 4.82. The lowest BCUT2D eigenvalue weighted by Gasteiger charge is -2.32. The van der Waals surface area contributed by atoms with Crippen LogP contribution in [0.4, 0.5) is 16.6 Å². The molecule has 1 atom stereocenters. The van der Waals surface area contributed by atoms with Crippen molar-refractivity contribution in [3.05, 3.63) is 58.0 Å². The van der Waals surface area contributed by atoms with Crippen LogP contribution in [0, 0.1) is 20.8 Å². The molecule has 1 aliphatic heterocycles. The summed E-state index contributed by atoms with van der Waals surface area (Å²) in [5, 5.41) is 7.23. The molecule has 7 nitrogen and oxygen atoms in total. The van der Waals surface area contributed by atoms with Gasteiger partial charge in [0.05, 0.1) is 5.69 Å². The Kier molecular flexibility index (Phi) is 6.18. The molecule has 0 unspecified atom stereocenters. The van der Waals surface area contributed by atoms with E-state index in [-0.39, 0.29) is 11.8 Å². The third-order valence-electron chi connectivity index (χ3n) is 5.58. The summed E-state index contributed by atoms with van der Waals surface area (Å²) in [4.78, 5) is 29.5. The molecule has 1 aliphatic rings. The number of carbonyl (C=O) groups excluding carboxylic acids is 1. The highest BCUT2D eigenvalue weighted by Gasteiger charge is 2.29. The summed E-state index contributed by atoms with van der Waals surface area (Å²) in [6.45, 7) is 7.38. The van der Waals surface area contributed by atoms with Gasteiger partial charge in [-0.15, -0.1) is 0 Å². The number of amides is 1. The van der Waals surface area contributed by atoms with Crippen LogP contribution >= 0.6 is 11.3 Å². The summed E-state index contributed by atoms with van der Waals surface area (Å²) in [7, 11) is 1.82. The zero-order valence-corrected chi connectivity index (χ0v) is 19.2. The molecule has 31 heavy (non-hydrogen) atoms. The summed E-state index contributed by atoms with van der Waals surface area (Å²) < 4.78 is 0. The number of nitrogens with zero attached hydrogens (tertiary/aromatic N) is 4.